The predicted molar refractivity (Wildman–Crippen MR) is 95.4 cm³/mol. The molecule has 6 heteroatoms. The van der Waals surface area contributed by atoms with Gasteiger partial charge < -0.3 is 4.98 Å². The Bertz CT molecular complexity index is 1010. The summed E-state index contributed by atoms with van der Waals surface area (Å²) in [5, 5.41) is 3.28. The number of nitrogens with one attached hydrogen (secondary N) is 2. The molecule has 2 amide bonds. The van der Waals surface area contributed by atoms with Gasteiger partial charge in [0.05, 0.1) is 5.69 Å². The van der Waals surface area contributed by atoms with Crippen molar-refractivity contribution < 1.29 is 9.59 Å². The number of hydrogen-bond donors (Lipinski definition) is 2. The van der Waals surface area contributed by atoms with Crippen LogP contribution in [-0.4, -0.2) is 22.5 Å². The molecule has 2 heterocycles. The third-order valence-corrected chi connectivity index (χ3v) is 4.49. The minimum atomic E-state index is -0.715. The summed E-state index contributed by atoms with van der Waals surface area (Å²) in [5.41, 5.74) is 2.50. The zero-order valence-corrected chi connectivity index (χ0v) is 14.0. The number of hydrogen-bond acceptors (Lipinski definition) is 3. The van der Waals surface area contributed by atoms with E-state index in [4.69, 9.17) is 0 Å². The fourth-order valence-corrected chi connectivity index (χ4v) is 3.31. The smallest absolute Gasteiger partial charge is 0.273 e. The molecule has 2 aromatic carbocycles. The van der Waals surface area contributed by atoms with Crippen molar-refractivity contribution in [3.8, 4) is 0 Å². The predicted octanol–water partition coefficient (Wildman–Crippen LogP) is 3.44. The van der Waals surface area contributed by atoms with Gasteiger partial charge in [-0.05, 0) is 29.8 Å². The molecule has 0 spiro atoms. The number of carbonyl (C=O) groups is 2. The average molecular weight is 382 g/mol. The van der Waals surface area contributed by atoms with Crippen molar-refractivity contribution in [1.29, 1.82) is 0 Å². The Balaban J connectivity index is 1.86. The van der Waals surface area contributed by atoms with Crippen LogP contribution in [0, 0.1) is 0 Å². The van der Waals surface area contributed by atoms with Crippen LogP contribution in [0.25, 0.3) is 10.9 Å². The number of amides is 2. The van der Waals surface area contributed by atoms with Gasteiger partial charge in [-0.2, -0.15) is 0 Å². The number of aromatic amines is 1. The number of nitrogens with zero attached hydrogens (tertiary/aromatic N) is 1. The maximum absolute atomic E-state index is 12.4. The van der Waals surface area contributed by atoms with Gasteiger partial charge in [-0.1, -0.05) is 40.2 Å². The summed E-state index contributed by atoms with van der Waals surface area (Å²) in [6.45, 7) is 0. The molecule has 1 unspecified atom stereocenters. The molecule has 1 atom stereocenters. The second-order valence-corrected chi connectivity index (χ2v) is 6.43. The highest BCUT2D eigenvalue weighted by atomic mass is 79.9. The largest absolute Gasteiger partial charge is 0.361 e. The van der Waals surface area contributed by atoms with Gasteiger partial charge in [0, 0.05) is 21.6 Å². The fourth-order valence-electron chi connectivity index (χ4n) is 2.92. The van der Waals surface area contributed by atoms with Gasteiger partial charge in [0.15, 0.2) is 0 Å². The van der Waals surface area contributed by atoms with Crippen LogP contribution in [0.3, 0.4) is 0 Å². The van der Waals surface area contributed by atoms with E-state index in [9.17, 15) is 9.59 Å². The van der Waals surface area contributed by atoms with Crippen molar-refractivity contribution in [1.82, 2.24) is 10.3 Å². The molecule has 1 aliphatic rings. The van der Waals surface area contributed by atoms with Crippen LogP contribution in [0.5, 0.6) is 0 Å². The molecular weight excluding hydrogens is 370 g/mol. The second kappa shape index (κ2) is 5.72. The van der Waals surface area contributed by atoms with E-state index in [-0.39, 0.29) is 11.6 Å². The second-order valence-electron chi connectivity index (χ2n) is 5.52. The Morgan fingerprint density at radius 2 is 1.88 bits per heavy atom. The number of aromatic nitrogens is 1. The van der Waals surface area contributed by atoms with Gasteiger partial charge in [-0.3, -0.25) is 14.9 Å². The van der Waals surface area contributed by atoms with Crippen LogP contribution < -0.4 is 5.32 Å². The molecule has 1 aromatic heterocycles. The number of para-hydroxylation sites is 1. The third-order valence-electron chi connectivity index (χ3n) is 3.99. The Morgan fingerprint density at radius 1 is 1.04 bits per heavy atom. The van der Waals surface area contributed by atoms with Gasteiger partial charge in [-0.15, -0.1) is 0 Å². The molecule has 1 aliphatic heterocycles. The lowest BCUT2D eigenvalue weighted by Crippen LogP contribution is -2.22. The van der Waals surface area contributed by atoms with Crippen molar-refractivity contribution in [2.75, 3.05) is 0 Å². The first kappa shape index (κ1) is 14.8. The van der Waals surface area contributed by atoms with Crippen LogP contribution >= 0.6 is 15.9 Å². The summed E-state index contributed by atoms with van der Waals surface area (Å²) in [4.78, 5) is 32.2. The molecule has 24 heavy (non-hydrogen) atoms. The number of fused-ring (bicyclic) bond motifs is 1. The SMILES string of the molecule is O=C1NC(=O)C(c2c[nH]c3ccccc23)C1=Nc1cccc(Br)c1. The van der Waals surface area contributed by atoms with E-state index in [0.29, 0.717) is 5.69 Å². The molecule has 1 fully saturated rings. The summed E-state index contributed by atoms with van der Waals surface area (Å²) in [6.07, 6.45) is 1.77. The Hall–Kier alpha value is -2.73. The van der Waals surface area contributed by atoms with E-state index >= 15 is 0 Å². The number of rotatable bonds is 2. The zero-order valence-electron chi connectivity index (χ0n) is 12.4. The first-order valence-electron chi connectivity index (χ1n) is 7.39. The average Bonchev–Trinajstić information content (AvgIpc) is 3.09. The summed E-state index contributed by atoms with van der Waals surface area (Å²) >= 11 is 3.38. The van der Waals surface area contributed by atoms with Crippen molar-refractivity contribution in [3.05, 3.63) is 64.8 Å². The van der Waals surface area contributed by atoms with Crippen LogP contribution in [0.2, 0.25) is 0 Å². The molecule has 4 rings (SSSR count). The number of aliphatic imine (C=N–C) groups is 1. The highest BCUT2D eigenvalue weighted by Crippen LogP contribution is 2.31. The number of benzene rings is 2. The fraction of sp³-hybridized carbons (Fsp3) is 0.0556. The zero-order chi connectivity index (χ0) is 16.7. The van der Waals surface area contributed by atoms with E-state index in [1.807, 2.05) is 36.4 Å². The molecule has 0 radical (unpaired) electrons. The Labute approximate surface area is 145 Å². The van der Waals surface area contributed by atoms with Gasteiger partial charge in [0.2, 0.25) is 5.91 Å². The quantitative estimate of drug-likeness (QED) is 0.667. The number of halogens is 1. The molecule has 3 aromatic rings. The minimum absolute atomic E-state index is 0.211. The van der Waals surface area contributed by atoms with E-state index in [0.717, 1.165) is 20.9 Å². The van der Waals surface area contributed by atoms with Crippen LogP contribution in [0.4, 0.5) is 5.69 Å². The molecule has 0 saturated carbocycles. The van der Waals surface area contributed by atoms with Crippen LogP contribution in [-0.2, 0) is 9.59 Å². The Morgan fingerprint density at radius 3 is 2.71 bits per heavy atom. The summed E-state index contributed by atoms with van der Waals surface area (Å²) in [5.74, 6) is -1.51. The molecular formula is C18H12BrN3O2. The number of carbonyl (C=O) groups excluding carboxylic acids is 2. The molecule has 1 saturated heterocycles. The van der Waals surface area contributed by atoms with E-state index in [2.05, 4.69) is 31.2 Å². The van der Waals surface area contributed by atoms with Gasteiger partial charge >= 0.3 is 0 Å². The van der Waals surface area contributed by atoms with Gasteiger partial charge in [-0.25, -0.2) is 4.99 Å². The number of imide groups is 1. The van der Waals surface area contributed by atoms with Crippen molar-refractivity contribution in [2.45, 2.75) is 5.92 Å². The highest BCUT2D eigenvalue weighted by molar-refractivity contribution is 9.10. The molecule has 0 aliphatic carbocycles. The molecule has 0 bridgehead atoms. The third kappa shape index (κ3) is 2.45. The monoisotopic (exact) mass is 381 g/mol. The minimum Gasteiger partial charge on any atom is -0.361 e. The Kier molecular flexibility index (Phi) is 3.54. The van der Waals surface area contributed by atoms with E-state index in [1.54, 1.807) is 18.3 Å². The summed E-state index contributed by atoms with van der Waals surface area (Å²) in [7, 11) is 0. The first-order valence-corrected chi connectivity index (χ1v) is 8.18. The van der Waals surface area contributed by atoms with Crippen molar-refractivity contribution >= 4 is 50.0 Å². The highest BCUT2D eigenvalue weighted by Gasteiger charge is 2.40. The topological polar surface area (TPSA) is 74.3 Å². The van der Waals surface area contributed by atoms with E-state index < -0.39 is 11.8 Å². The van der Waals surface area contributed by atoms with Crippen molar-refractivity contribution in [3.63, 3.8) is 0 Å². The standard InChI is InChI=1S/C18H12BrN3O2/c19-10-4-3-5-11(8-10)21-16-15(17(23)22-18(16)24)13-9-20-14-7-2-1-6-12(13)14/h1-9,15,20H,(H,22,23,24). The van der Waals surface area contributed by atoms with E-state index in [1.165, 1.54) is 0 Å². The lowest BCUT2D eigenvalue weighted by atomic mass is 9.95. The van der Waals surface area contributed by atoms with Gasteiger partial charge in [0.25, 0.3) is 5.91 Å². The molecule has 2 N–H and O–H groups in total. The molecule has 5 nitrogen and oxygen atoms in total. The maximum Gasteiger partial charge on any atom is 0.273 e. The lowest BCUT2D eigenvalue weighted by molar-refractivity contribution is -0.124. The summed E-state index contributed by atoms with van der Waals surface area (Å²) in [6, 6.07) is 15.0. The van der Waals surface area contributed by atoms with Gasteiger partial charge in [0.1, 0.15) is 11.6 Å². The first-order chi connectivity index (χ1) is 11.6. The molecule has 118 valence electrons. The number of H-pyrrole nitrogens is 1. The maximum atomic E-state index is 12.4. The lowest BCUT2D eigenvalue weighted by Gasteiger charge is -2.07. The summed E-state index contributed by atoms with van der Waals surface area (Å²) < 4.78 is 0.859. The van der Waals surface area contributed by atoms with Crippen LogP contribution in [0.1, 0.15) is 11.5 Å². The van der Waals surface area contributed by atoms with Crippen LogP contribution in [0.15, 0.2) is 64.2 Å². The normalized spacial score (nSPS) is 19.2. The van der Waals surface area contributed by atoms with Crippen molar-refractivity contribution in [2.24, 2.45) is 4.99 Å².